The van der Waals surface area contributed by atoms with Crippen molar-refractivity contribution in [1.29, 1.82) is 0 Å². The molecule has 0 atom stereocenters. The maximum absolute atomic E-state index is 13.0. The highest BCUT2D eigenvalue weighted by Gasteiger charge is 2.16. The smallest absolute Gasteiger partial charge is 0.266 e. The Kier molecular flexibility index (Phi) is 13.5. The molecule has 0 saturated heterocycles. The molecule has 3 heteroatoms. The third kappa shape index (κ3) is 6.56. The molecule has 3 nitrogen and oxygen atoms in total. The number of allylic oxidation sites excluding steroid dienone is 4. The Balaban J connectivity index is 0.00000120. The number of hydrogen-bond acceptors (Lipinski definition) is 2. The average Bonchev–Trinajstić information content (AvgIpc) is 2.82. The molecule has 0 aliphatic heterocycles. The van der Waals surface area contributed by atoms with Crippen molar-refractivity contribution >= 4 is 11.2 Å². The maximum atomic E-state index is 13.0. The second-order valence-corrected chi connectivity index (χ2v) is 5.18. The van der Waals surface area contributed by atoms with E-state index in [9.17, 15) is 4.79 Å². The first kappa shape index (κ1) is 26.1. The fourth-order valence-corrected chi connectivity index (χ4v) is 2.66. The van der Waals surface area contributed by atoms with Gasteiger partial charge in [-0.05, 0) is 31.6 Å². The van der Waals surface area contributed by atoms with E-state index in [1.807, 2.05) is 122 Å². The minimum Gasteiger partial charge on any atom is -0.268 e. The summed E-state index contributed by atoms with van der Waals surface area (Å²) in [6.45, 7) is 15.9. The predicted octanol–water partition coefficient (Wildman–Crippen LogP) is 7.42. The van der Waals surface area contributed by atoms with Crippen molar-refractivity contribution in [2.75, 3.05) is 0 Å². The van der Waals surface area contributed by atoms with Crippen LogP contribution < -0.4 is 5.56 Å². The fourth-order valence-electron chi connectivity index (χ4n) is 2.66. The minimum absolute atomic E-state index is 0.0550. The molecule has 0 N–H and O–H groups in total. The lowest BCUT2D eigenvalue weighted by molar-refractivity contribution is 1.04. The molecular weight excluding hydrogens is 356 g/mol. The van der Waals surface area contributed by atoms with E-state index < -0.39 is 0 Å². The van der Waals surface area contributed by atoms with Gasteiger partial charge in [0.15, 0.2) is 0 Å². The summed E-state index contributed by atoms with van der Waals surface area (Å²) in [4.78, 5) is 17.8. The van der Waals surface area contributed by atoms with Crippen LogP contribution in [0.4, 0.5) is 0 Å². The molecule has 1 aromatic carbocycles. The molecule has 2 aromatic heterocycles. The molecule has 3 rings (SSSR count). The summed E-state index contributed by atoms with van der Waals surface area (Å²) < 4.78 is 1.59. The maximum Gasteiger partial charge on any atom is 0.266 e. The van der Waals surface area contributed by atoms with Crippen LogP contribution in [0, 0.1) is 0 Å². The Hall–Kier alpha value is -2.94. The largest absolute Gasteiger partial charge is 0.268 e. The molecule has 0 spiro atoms. The van der Waals surface area contributed by atoms with Crippen LogP contribution in [0.3, 0.4) is 0 Å². The summed E-state index contributed by atoms with van der Waals surface area (Å²) >= 11 is 0. The summed E-state index contributed by atoms with van der Waals surface area (Å²) in [6, 6.07) is 15.4. The number of nitrogens with zero attached hydrogens (tertiary/aromatic N) is 2. The average molecular weight is 393 g/mol. The second kappa shape index (κ2) is 15.0. The molecule has 0 unspecified atom stereocenters. The molecule has 156 valence electrons. The third-order valence-corrected chi connectivity index (χ3v) is 3.73. The number of benzene rings is 1. The lowest BCUT2D eigenvalue weighted by Crippen LogP contribution is -2.20. The van der Waals surface area contributed by atoms with Crippen molar-refractivity contribution in [2.24, 2.45) is 0 Å². The summed E-state index contributed by atoms with van der Waals surface area (Å²) in [6.07, 6.45) is 7.58. The highest BCUT2D eigenvalue weighted by Crippen LogP contribution is 2.26. The molecule has 0 radical (unpaired) electrons. The van der Waals surface area contributed by atoms with Gasteiger partial charge in [0.1, 0.15) is 5.65 Å². The molecule has 0 aliphatic carbocycles. The third-order valence-electron chi connectivity index (χ3n) is 3.73. The normalized spacial score (nSPS) is 10.3. The van der Waals surface area contributed by atoms with Gasteiger partial charge in [-0.1, -0.05) is 96.2 Å². The topological polar surface area (TPSA) is 34.4 Å². The standard InChI is InChI=1S/C20H18N2O.3C2H6/c1-3-10-15(4-2)18-19(16-11-6-5-7-12-16)21-17-13-8-9-14-22(17)20(18)23;3*1-2/h3-14H,1-2H3;3*1-2H3/b10-3-,15-4+;;;. The van der Waals surface area contributed by atoms with Crippen LogP contribution in [0.5, 0.6) is 0 Å². The lowest BCUT2D eigenvalue weighted by atomic mass is 9.99. The quantitative estimate of drug-likeness (QED) is 0.435. The molecule has 0 fully saturated rings. The molecule has 29 heavy (non-hydrogen) atoms. The second-order valence-electron chi connectivity index (χ2n) is 5.18. The van der Waals surface area contributed by atoms with Crippen molar-refractivity contribution in [2.45, 2.75) is 55.4 Å². The number of rotatable bonds is 3. The zero-order valence-corrected chi connectivity index (χ0v) is 19.2. The van der Waals surface area contributed by atoms with Gasteiger partial charge in [-0.15, -0.1) is 0 Å². The molecule has 3 aromatic rings. The van der Waals surface area contributed by atoms with Crippen LogP contribution in [0.1, 0.15) is 61.0 Å². The molecule has 2 heterocycles. The highest BCUT2D eigenvalue weighted by molar-refractivity contribution is 5.83. The molecular formula is C26H36N2O. The van der Waals surface area contributed by atoms with Gasteiger partial charge in [0.05, 0.1) is 11.3 Å². The SMILES string of the molecule is C/C=C\C(=C/C)c1c(-c2ccccc2)nc2ccccn2c1=O.CC.CC.CC. The first-order valence-corrected chi connectivity index (χ1v) is 10.6. The van der Waals surface area contributed by atoms with E-state index in [0.29, 0.717) is 16.9 Å². The summed E-state index contributed by atoms with van der Waals surface area (Å²) in [5.41, 5.74) is 3.75. The summed E-state index contributed by atoms with van der Waals surface area (Å²) in [5.74, 6) is 0. The lowest BCUT2D eigenvalue weighted by Gasteiger charge is -2.12. The molecule has 0 amide bonds. The van der Waals surface area contributed by atoms with E-state index in [-0.39, 0.29) is 5.56 Å². The van der Waals surface area contributed by atoms with Crippen LogP contribution >= 0.6 is 0 Å². The first-order chi connectivity index (χ1) is 14.3. The van der Waals surface area contributed by atoms with Crippen LogP contribution in [-0.4, -0.2) is 9.38 Å². The van der Waals surface area contributed by atoms with Crippen molar-refractivity contribution in [3.63, 3.8) is 0 Å². The van der Waals surface area contributed by atoms with Gasteiger partial charge >= 0.3 is 0 Å². The monoisotopic (exact) mass is 392 g/mol. The Morgan fingerprint density at radius 1 is 0.862 bits per heavy atom. The number of aromatic nitrogens is 2. The minimum atomic E-state index is -0.0550. The Morgan fingerprint density at radius 2 is 1.45 bits per heavy atom. The van der Waals surface area contributed by atoms with Crippen LogP contribution in [0.15, 0.2) is 77.8 Å². The van der Waals surface area contributed by atoms with E-state index in [1.54, 1.807) is 10.6 Å². The first-order valence-electron chi connectivity index (χ1n) is 10.6. The predicted molar refractivity (Wildman–Crippen MR) is 129 cm³/mol. The Morgan fingerprint density at radius 3 is 2.00 bits per heavy atom. The van der Waals surface area contributed by atoms with Crippen LogP contribution in [0.2, 0.25) is 0 Å². The van der Waals surface area contributed by atoms with E-state index in [1.165, 1.54) is 0 Å². The molecule has 0 saturated carbocycles. The van der Waals surface area contributed by atoms with Crippen molar-refractivity contribution in [3.05, 3.63) is 88.9 Å². The fraction of sp³-hybridized carbons (Fsp3) is 0.308. The summed E-state index contributed by atoms with van der Waals surface area (Å²) in [5, 5.41) is 0. The van der Waals surface area contributed by atoms with E-state index in [4.69, 9.17) is 4.98 Å². The molecule has 0 aliphatic rings. The van der Waals surface area contributed by atoms with Crippen molar-refractivity contribution in [1.82, 2.24) is 9.38 Å². The summed E-state index contributed by atoms with van der Waals surface area (Å²) in [7, 11) is 0. The highest BCUT2D eigenvalue weighted by atomic mass is 16.1. The van der Waals surface area contributed by atoms with E-state index >= 15 is 0 Å². The van der Waals surface area contributed by atoms with Crippen molar-refractivity contribution in [3.8, 4) is 11.3 Å². The van der Waals surface area contributed by atoms with Gasteiger partial charge < -0.3 is 0 Å². The molecule has 0 bridgehead atoms. The van der Waals surface area contributed by atoms with Crippen LogP contribution in [0.25, 0.3) is 22.5 Å². The van der Waals surface area contributed by atoms with Gasteiger partial charge in [0.2, 0.25) is 0 Å². The number of fused-ring (bicyclic) bond motifs is 1. The number of hydrogen-bond donors (Lipinski definition) is 0. The van der Waals surface area contributed by atoms with Crippen LogP contribution in [-0.2, 0) is 0 Å². The zero-order valence-electron chi connectivity index (χ0n) is 19.2. The van der Waals surface area contributed by atoms with E-state index in [2.05, 4.69) is 0 Å². The number of pyridine rings is 1. The Labute approximate surface area is 176 Å². The van der Waals surface area contributed by atoms with Crippen molar-refractivity contribution < 1.29 is 0 Å². The van der Waals surface area contributed by atoms with Gasteiger partial charge in [0, 0.05) is 11.8 Å². The van der Waals surface area contributed by atoms with Gasteiger partial charge in [-0.2, -0.15) is 0 Å². The van der Waals surface area contributed by atoms with Gasteiger partial charge in [0.25, 0.3) is 5.56 Å². The van der Waals surface area contributed by atoms with Gasteiger partial charge in [-0.3, -0.25) is 9.20 Å². The van der Waals surface area contributed by atoms with E-state index in [0.717, 1.165) is 11.1 Å². The van der Waals surface area contributed by atoms with Gasteiger partial charge in [-0.25, -0.2) is 4.98 Å². The zero-order chi connectivity index (χ0) is 22.2. The Bertz CT molecular complexity index is 951.